The number of carbonyl (C=O) groups excluding carboxylic acids is 1. The van der Waals surface area contributed by atoms with E-state index in [1.54, 1.807) is 6.07 Å². The molecule has 1 N–H and O–H groups in total. The Morgan fingerprint density at radius 2 is 1.57 bits per heavy atom. The number of nitrogens with one attached hydrogen (secondary N) is 1. The summed E-state index contributed by atoms with van der Waals surface area (Å²) in [6.45, 7) is 10.3. The Morgan fingerprint density at radius 1 is 0.929 bits per heavy atom. The van der Waals surface area contributed by atoms with Crippen LogP contribution in [0.3, 0.4) is 0 Å². The zero-order valence-corrected chi connectivity index (χ0v) is 17.1. The predicted molar refractivity (Wildman–Crippen MR) is 114 cm³/mol. The number of anilines is 1. The number of aryl methyl sites for hydroxylation is 4. The van der Waals surface area contributed by atoms with E-state index in [9.17, 15) is 9.59 Å². The number of hydrogen-bond acceptors (Lipinski definition) is 2. The molecule has 0 fully saturated rings. The molecular formula is C24H26N2O2. The van der Waals surface area contributed by atoms with Crippen molar-refractivity contribution in [3.05, 3.63) is 98.0 Å². The van der Waals surface area contributed by atoms with Crippen LogP contribution in [0, 0.1) is 34.6 Å². The third-order valence-corrected chi connectivity index (χ3v) is 5.15. The summed E-state index contributed by atoms with van der Waals surface area (Å²) in [5.74, 6) is -0.363. The average Bonchev–Trinajstić information content (AvgIpc) is 2.62. The number of hydrogen-bond donors (Lipinski definition) is 1. The molecule has 0 bridgehead atoms. The Morgan fingerprint density at radius 3 is 2.21 bits per heavy atom. The molecule has 0 aliphatic heterocycles. The molecule has 1 amide bonds. The molecule has 0 aliphatic carbocycles. The molecule has 3 aromatic rings. The summed E-state index contributed by atoms with van der Waals surface area (Å²) in [6.07, 6.45) is 0. The van der Waals surface area contributed by atoms with Gasteiger partial charge in [-0.15, -0.1) is 0 Å². The second kappa shape index (κ2) is 7.85. The van der Waals surface area contributed by atoms with Gasteiger partial charge in [-0.25, -0.2) is 0 Å². The fourth-order valence-corrected chi connectivity index (χ4v) is 3.62. The first-order chi connectivity index (χ1) is 13.3. The lowest BCUT2D eigenvalue weighted by Gasteiger charge is -2.18. The number of para-hydroxylation sites is 1. The van der Waals surface area contributed by atoms with Gasteiger partial charge in [0.25, 0.3) is 5.91 Å². The fourth-order valence-electron chi connectivity index (χ4n) is 3.62. The van der Waals surface area contributed by atoms with Gasteiger partial charge in [-0.05, 0) is 51.3 Å². The molecule has 4 heteroatoms. The Hall–Kier alpha value is -3.14. The van der Waals surface area contributed by atoms with Crippen LogP contribution < -0.4 is 10.7 Å². The minimum Gasteiger partial charge on any atom is -0.344 e. The van der Waals surface area contributed by atoms with Crippen LogP contribution in [-0.4, -0.2) is 10.5 Å². The molecule has 0 atom stereocenters. The predicted octanol–water partition coefficient (Wildman–Crippen LogP) is 4.69. The maximum Gasteiger partial charge on any atom is 0.261 e. The Kier molecular flexibility index (Phi) is 5.50. The quantitative estimate of drug-likeness (QED) is 0.720. The molecule has 144 valence electrons. The van der Waals surface area contributed by atoms with Crippen LogP contribution in [0.5, 0.6) is 0 Å². The highest BCUT2D eigenvalue weighted by atomic mass is 16.2. The van der Waals surface area contributed by atoms with E-state index in [1.807, 2.05) is 56.5 Å². The summed E-state index contributed by atoms with van der Waals surface area (Å²) in [4.78, 5) is 25.7. The summed E-state index contributed by atoms with van der Waals surface area (Å²) < 4.78 is 2.02. The first-order valence-electron chi connectivity index (χ1n) is 9.42. The van der Waals surface area contributed by atoms with Crippen molar-refractivity contribution in [2.75, 3.05) is 5.32 Å². The van der Waals surface area contributed by atoms with Crippen LogP contribution in [0.15, 0.2) is 53.3 Å². The molecule has 0 radical (unpaired) electrons. The number of aromatic nitrogens is 1. The second-order valence-electron chi connectivity index (χ2n) is 7.41. The van der Waals surface area contributed by atoms with Gasteiger partial charge >= 0.3 is 0 Å². The van der Waals surface area contributed by atoms with Crippen molar-refractivity contribution in [1.29, 1.82) is 0 Å². The van der Waals surface area contributed by atoms with Crippen LogP contribution in [-0.2, 0) is 6.54 Å². The second-order valence-corrected chi connectivity index (χ2v) is 7.41. The number of amides is 1. The lowest BCUT2D eigenvalue weighted by molar-refractivity contribution is 0.102. The topological polar surface area (TPSA) is 51.1 Å². The maximum absolute atomic E-state index is 13.0. The van der Waals surface area contributed by atoms with E-state index in [4.69, 9.17) is 0 Å². The number of rotatable bonds is 4. The van der Waals surface area contributed by atoms with E-state index in [-0.39, 0.29) is 16.9 Å². The van der Waals surface area contributed by atoms with E-state index in [0.29, 0.717) is 12.2 Å². The van der Waals surface area contributed by atoms with Gasteiger partial charge in [0.1, 0.15) is 5.56 Å². The monoisotopic (exact) mass is 374 g/mol. The van der Waals surface area contributed by atoms with Crippen LogP contribution in [0.1, 0.15) is 44.0 Å². The summed E-state index contributed by atoms with van der Waals surface area (Å²) >= 11 is 0. The highest BCUT2D eigenvalue weighted by Gasteiger charge is 2.19. The van der Waals surface area contributed by atoms with Crippen LogP contribution >= 0.6 is 0 Å². The molecule has 4 nitrogen and oxygen atoms in total. The van der Waals surface area contributed by atoms with Crippen LogP contribution in [0.2, 0.25) is 0 Å². The van der Waals surface area contributed by atoms with E-state index in [2.05, 4.69) is 30.4 Å². The highest BCUT2D eigenvalue weighted by molar-refractivity contribution is 6.05. The third kappa shape index (κ3) is 3.91. The average molecular weight is 374 g/mol. The molecule has 28 heavy (non-hydrogen) atoms. The van der Waals surface area contributed by atoms with Gasteiger partial charge in [0.2, 0.25) is 0 Å². The van der Waals surface area contributed by atoms with Crippen molar-refractivity contribution in [1.82, 2.24) is 4.57 Å². The van der Waals surface area contributed by atoms with Gasteiger partial charge < -0.3 is 9.88 Å². The van der Waals surface area contributed by atoms with Crippen molar-refractivity contribution in [2.24, 2.45) is 0 Å². The molecule has 0 saturated carbocycles. The Bertz CT molecular complexity index is 1090. The molecule has 1 heterocycles. The van der Waals surface area contributed by atoms with Crippen molar-refractivity contribution in [2.45, 2.75) is 41.2 Å². The summed E-state index contributed by atoms with van der Waals surface area (Å²) in [5, 5.41) is 2.94. The van der Waals surface area contributed by atoms with Gasteiger partial charge in [0.05, 0.1) is 0 Å². The summed E-state index contributed by atoms with van der Waals surface area (Å²) in [6, 6.07) is 15.6. The molecule has 0 spiro atoms. The van der Waals surface area contributed by atoms with Gasteiger partial charge in [0.15, 0.2) is 5.43 Å². The molecule has 0 saturated heterocycles. The van der Waals surface area contributed by atoms with Gasteiger partial charge in [0, 0.05) is 29.7 Å². The minimum absolute atomic E-state index is 0.195. The summed E-state index contributed by atoms with van der Waals surface area (Å²) in [5.41, 5.74) is 6.48. The van der Waals surface area contributed by atoms with E-state index < -0.39 is 0 Å². The van der Waals surface area contributed by atoms with E-state index >= 15 is 0 Å². The smallest absolute Gasteiger partial charge is 0.261 e. The molecular weight excluding hydrogens is 348 g/mol. The van der Waals surface area contributed by atoms with Crippen molar-refractivity contribution >= 4 is 11.6 Å². The molecule has 3 rings (SSSR count). The number of benzene rings is 2. The maximum atomic E-state index is 13.0. The van der Waals surface area contributed by atoms with Crippen LogP contribution in [0.25, 0.3) is 0 Å². The van der Waals surface area contributed by atoms with Crippen molar-refractivity contribution in [3.8, 4) is 0 Å². The van der Waals surface area contributed by atoms with Gasteiger partial charge in [-0.1, -0.05) is 48.0 Å². The SMILES string of the molecule is Cc1cccc(Cn2c(C)cc(=O)c(C(=O)Nc3c(C)cccc3C)c2C)c1. The fraction of sp³-hybridized carbons (Fsp3) is 0.250. The molecule has 0 unspecified atom stereocenters. The van der Waals surface area contributed by atoms with Gasteiger partial charge in [-0.2, -0.15) is 0 Å². The first kappa shape index (κ1) is 19.6. The minimum atomic E-state index is -0.363. The zero-order chi connectivity index (χ0) is 20.4. The lowest BCUT2D eigenvalue weighted by atomic mass is 10.1. The van der Waals surface area contributed by atoms with Crippen LogP contribution in [0.4, 0.5) is 5.69 Å². The molecule has 2 aromatic carbocycles. The lowest BCUT2D eigenvalue weighted by Crippen LogP contribution is -2.27. The Balaban J connectivity index is 2.02. The largest absolute Gasteiger partial charge is 0.344 e. The molecule has 1 aromatic heterocycles. The van der Waals surface area contributed by atoms with E-state index in [1.165, 1.54) is 5.56 Å². The molecule has 0 aliphatic rings. The number of pyridine rings is 1. The number of carbonyl (C=O) groups is 1. The Labute approximate surface area is 165 Å². The third-order valence-electron chi connectivity index (χ3n) is 5.15. The highest BCUT2D eigenvalue weighted by Crippen LogP contribution is 2.21. The zero-order valence-electron chi connectivity index (χ0n) is 17.1. The van der Waals surface area contributed by atoms with E-state index in [0.717, 1.165) is 28.1 Å². The van der Waals surface area contributed by atoms with Crippen molar-refractivity contribution < 1.29 is 4.79 Å². The first-order valence-corrected chi connectivity index (χ1v) is 9.42. The van der Waals surface area contributed by atoms with Gasteiger partial charge in [-0.3, -0.25) is 9.59 Å². The number of nitrogens with zero attached hydrogens (tertiary/aromatic N) is 1. The normalized spacial score (nSPS) is 10.8. The standard InChI is InChI=1S/C24H26N2O2/c1-15-8-6-11-20(12-15)14-26-18(4)13-21(27)22(19(26)5)24(28)25-23-16(2)9-7-10-17(23)3/h6-13H,14H2,1-5H3,(H,25,28). The van der Waals surface area contributed by atoms with Crippen molar-refractivity contribution in [3.63, 3.8) is 0 Å². The summed E-state index contributed by atoms with van der Waals surface area (Å²) in [7, 11) is 0.